The van der Waals surface area contributed by atoms with E-state index < -0.39 is 5.91 Å². The SMILES string of the molecule is NC(=O)c1ccc(Cn2cnc3c(N)ncnc32)c(Cl)c1. The highest BCUT2D eigenvalue weighted by atomic mass is 35.5. The minimum atomic E-state index is -0.517. The largest absolute Gasteiger partial charge is 0.382 e. The quantitative estimate of drug-likeness (QED) is 0.755. The molecule has 0 aliphatic heterocycles. The lowest BCUT2D eigenvalue weighted by Gasteiger charge is -2.07. The molecule has 0 saturated carbocycles. The maximum Gasteiger partial charge on any atom is 0.248 e. The monoisotopic (exact) mass is 302 g/mol. The molecule has 0 spiro atoms. The van der Waals surface area contributed by atoms with Gasteiger partial charge in [0, 0.05) is 10.6 Å². The Morgan fingerprint density at radius 1 is 1.29 bits per heavy atom. The zero-order valence-electron chi connectivity index (χ0n) is 10.8. The molecule has 3 aromatic rings. The van der Waals surface area contributed by atoms with Crippen LogP contribution in [0.1, 0.15) is 15.9 Å². The Morgan fingerprint density at radius 3 is 2.81 bits per heavy atom. The second-order valence-electron chi connectivity index (χ2n) is 4.47. The zero-order chi connectivity index (χ0) is 15.0. The molecule has 4 N–H and O–H groups in total. The van der Waals surface area contributed by atoms with Gasteiger partial charge in [-0.2, -0.15) is 0 Å². The van der Waals surface area contributed by atoms with E-state index in [0.29, 0.717) is 34.1 Å². The number of rotatable bonds is 3. The molecule has 0 saturated heterocycles. The molecule has 106 valence electrons. The van der Waals surface area contributed by atoms with Crippen molar-refractivity contribution in [3.05, 3.63) is 47.0 Å². The van der Waals surface area contributed by atoms with Gasteiger partial charge in [0.2, 0.25) is 5.91 Å². The fourth-order valence-electron chi connectivity index (χ4n) is 2.03. The number of nitrogens with two attached hydrogens (primary N) is 2. The number of carbonyl (C=O) groups excluding carboxylic acids is 1. The normalized spacial score (nSPS) is 10.9. The molecule has 8 heteroatoms. The molecule has 3 rings (SSSR count). The first-order valence-electron chi connectivity index (χ1n) is 6.06. The van der Waals surface area contributed by atoms with Crippen LogP contribution in [0.5, 0.6) is 0 Å². The van der Waals surface area contributed by atoms with Gasteiger partial charge >= 0.3 is 0 Å². The van der Waals surface area contributed by atoms with E-state index in [9.17, 15) is 4.79 Å². The Kier molecular flexibility index (Phi) is 3.19. The summed E-state index contributed by atoms with van der Waals surface area (Å²) in [5.41, 5.74) is 13.3. The number of primary amides is 1. The van der Waals surface area contributed by atoms with E-state index in [-0.39, 0.29) is 0 Å². The van der Waals surface area contributed by atoms with Gasteiger partial charge in [-0.15, -0.1) is 0 Å². The van der Waals surface area contributed by atoms with Crippen LogP contribution in [-0.4, -0.2) is 25.4 Å². The Labute approximate surface area is 124 Å². The standard InChI is InChI=1S/C13H11ClN6O/c14-9-3-7(12(16)21)1-2-8(9)4-20-6-19-10-11(15)17-5-18-13(10)20/h1-3,5-6H,4H2,(H2,16,21)(H2,15,17,18). The van der Waals surface area contributed by atoms with E-state index in [0.717, 1.165) is 5.56 Å². The van der Waals surface area contributed by atoms with Crippen LogP contribution in [0, 0.1) is 0 Å². The minimum absolute atomic E-state index is 0.328. The minimum Gasteiger partial charge on any atom is -0.382 e. The van der Waals surface area contributed by atoms with E-state index >= 15 is 0 Å². The van der Waals surface area contributed by atoms with Crippen molar-refractivity contribution < 1.29 is 4.79 Å². The van der Waals surface area contributed by atoms with Crippen LogP contribution in [0.15, 0.2) is 30.9 Å². The van der Waals surface area contributed by atoms with E-state index in [2.05, 4.69) is 15.0 Å². The molecule has 7 nitrogen and oxygen atoms in total. The van der Waals surface area contributed by atoms with Gasteiger partial charge in [0.25, 0.3) is 0 Å². The zero-order valence-corrected chi connectivity index (χ0v) is 11.6. The Balaban J connectivity index is 1.99. The average molecular weight is 303 g/mol. The summed E-state index contributed by atoms with van der Waals surface area (Å²) in [6.45, 7) is 0.449. The lowest BCUT2D eigenvalue weighted by atomic mass is 10.1. The third-order valence-electron chi connectivity index (χ3n) is 3.11. The van der Waals surface area contributed by atoms with Gasteiger partial charge in [-0.3, -0.25) is 4.79 Å². The van der Waals surface area contributed by atoms with Crippen molar-refractivity contribution in [2.45, 2.75) is 6.54 Å². The van der Waals surface area contributed by atoms with Crippen molar-refractivity contribution in [3.63, 3.8) is 0 Å². The number of anilines is 1. The number of benzene rings is 1. The predicted octanol–water partition coefficient (Wildman–Crippen LogP) is 1.21. The first-order chi connectivity index (χ1) is 10.1. The third kappa shape index (κ3) is 2.38. The third-order valence-corrected chi connectivity index (χ3v) is 3.46. The Hall–Kier alpha value is -2.67. The van der Waals surface area contributed by atoms with Crippen LogP contribution in [0.25, 0.3) is 11.2 Å². The van der Waals surface area contributed by atoms with Gasteiger partial charge in [0.05, 0.1) is 12.9 Å². The second-order valence-corrected chi connectivity index (χ2v) is 4.88. The second kappa shape index (κ2) is 5.02. The van der Waals surface area contributed by atoms with E-state index in [1.807, 2.05) is 0 Å². The Morgan fingerprint density at radius 2 is 2.10 bits per heavy atom. The van der Waals surface area contributed by atoms with Crippen LogP contribution in [0.2, 0.25) is 5.02 Å². The van der Waals surface area contributed by atoms with Crippen LogP contribution >= 0.6 is 11.6 Å². The van der Waals surface area contributed by atoms with Gasteiger partial charge in [0.1, 0.15) is 11.8 Å². The number of fused-ring (bicyclic) bond motifs is 1. The fourth-order valence-corrected chi connectivity index (χ4v) is 2.27. The Bertz CT molecular complexity index is 844. The summed E-state index contributed by atoms with van der Waals surface area (Å²) in [5.74, 6) is -0.189. The molecule has 0 radical (unpaired) electrons. The summed E-state index contributed by atoms with van der Waals surface area (Å²) in [7, 11) is 0. The first kappa shape index (κ1) is 13.3. The van der Waals surface area contributed by atoms with Gasteiger partial charge in [0.15, 0.2) is 11.5 Å². The van der Waals surface area contributed by atoms with E-state index in [1.165, 1.54) is 6.33 Å². The summed E-state index contributed by atoms with van der Waals surface area (Å²) >= 11 is 6.17. The molecule has 0 bridgehead atoms. The number of nitrogen functional groups attached to an aromatic ring is 1. The number of hydrogen-bond donors (Lipinski definition) is 2. The van der Waals surface area contributed by atoms with Crippen molar-refractivity contribution in [1.29, 1.82) is 0 Å². The van der Waals surface area contributed by atoms with E-state index in [1.54, 1.807) is 29.1 Å². The molecular formula is C13H11ClN6O. The van der Waals surface area contributed by atoms with Crippen molar-refractivity contribution in [1.82, 2.24) is 19.5 Å². The van der Waals surface area contributed by atoms with Crippen LogP contribution < -0.4 is 11.5 Å². The fraction of sp³-hybridized carbons (Fsp3) is 0.0769. The predicted molar refractivity (Wildman–Crippen MR) is 78.8 cm³/mol. The lowest BCUT2D eigenvalue weighted by molar-refractivity contribution is 0.100. The number of amides is 1. The first-order valence-corrected chi connectivity index (χ1v) is 6.43. The topological polar surface area (TPSA) is 113 Å². The maximum atomic E-state index is 11.1. The average Bonchev–Trinajstić information content (AvgIpc) is 2.85. The summed E-state index contributed by atoms with van der Waals surface area (Å²) in [5, 5.41) is 0.454. The summed E-state index contributed by atoms with van der Waals surface area (Å²) in [6, 6.07) is 4.92. The molecule has 2 aromatic heterocycles. The summed E-state index contributed by atoms with van der Waals surface area (Å²) in [4.78, 5) is 23.4. The highest BCUT2D eigenvalue weighted by Gasteiger charge is 2.11. The highest BCUT2D eigenvalue weighted by molar-refractivity contribution is 6.31. The van der Waals surface area contributed by atoms with Gasteiger partial charge in [-0.1, -0.05) is 17.7 Å². The smallest absolute Gasteiger partial charge is 0.248 e. The molecule has 0 aliphatic rings. The van der Waals surface area contributed by atoms with Gasteiger partial charge < -0.3 is 16.0 Å². The van der Waals surface area contributed by atoms with Crippen molar-refractivity contribution in [2.24, 2.45) is 5.73 Å². The van der Waals surface area contributed by atoms with Crippen molar-refractivity contribution in [3.8, 4) is 0 Å². The van der Waals surface area contributed by atoms with Gasteiger partial charge in [-0.05, 0) is 17.7 Å². The summed E-state index contributed by atoms with van der Waals surface area (Å²) in [6.07, 6.45) is 3.00. The molecule has 0 fully saturated rings. The number of aromatic nitrogens is 4. The summed E-state index contributed by atoms with van der Waals surface area (Å²) < 4.78 is 1.80. The molecule has 1 aromatic carbocycles. The van der Waals surface area contributed by atoms with Crippen LogP contribution in [0.3, 0.4) is 0 Å². The molecule has 0 atom stereocenters. The van der Waals surface area contributed by atoms with Crippen LogP contribution in [0.4, 0.5) is 5.82 Å². The molecule has 21 heavy (non-hydrogen) atoms. The maximum absolute atomic E-state index is 11.1. The number of hydrogen-bond acceptors (Lipinski definition) is 5. The van der Waals surface area contributed by atoms with Crippen molar-refractivity contribution >= 4 is 34.5 Å². The highest BCUT2D eigenvalue weighted by Crippen LogP contribution is 2.21. The molecule has 1 amide bonds. The van der Waals surface area contributed by atoms with Crippen LogP contribution in [-0.2, 0) is 6.54 Å². The number of halogens is 1. The molecular weight excluding hydrogens is 292 g/mol. The number of nitrogens with zero attached hydrogens (tertiary/aromatic N) is 4. The molecule has 0 unspecified atom stereocenters. The molecule has 0 aliphatic carbocycles. The molecule has 2 heterocycles. The van der Waals surface area contributed by atoms with Gasteiger partial charge in [-0.25, -0.2) is 15.0 Å². The lowest BCUT2D eigenvalue weighted by Crippen LogP contribution is -2.11. The van der Waals surface area contributed by atoms with Crippen molar-refractivity contribution in [2.75, 3.05) is 5.73 Å². The number of carbonyl (C=O) groups is 1. The number of imidazole rings is 1. The van der Waals surface area contributed by atoms with E-state index in [4.69, 9.17) is 23.1 Å².